The van der Waals surface area contributed by atoms with Crippen LogP contribution in [0.4, 0.5) is 4.79 Å². The number of benzene rings is 1. The van der Waals surface area contributed by atoms with Crippen molar-refractivity contribution in [3.63, 3.8) is 0 Å². The van der Waals surface area contributed by atoms with Gasteiger partial charge in [-0.15, -0.1) is 0 Å². The molecule has 1 aromatic carbocycles. The van der Waals surface area contributed by atoms with Gasteiger partial charge in [-0.1, -0.05) is 12.1 Å². The highest BCUT2D eigenvalue weighted by Gasteiger charge is 2.39. The second kappa shape index (κ2) is 6.00. The van der Waals surface area contributed by atoms with Crippen molar-refractivity contribution >= 4 is 23.0 Å². The molecule has 2 saturated carbocycles. The zero-order valence-electron chi connectivity index (χ0n) is 14.6. The van der Waals surface area contributed by atoms with Crippen LogP contribution in [0.2, 0.25) is 0 Å². The first-order valence-electron chi connectivity index (χ1n) is 9.49. The Balaban J connectivity index is 1.22. The lowest BCUT2D eigenvalue weighted by Gasteiger charge is -2.16. The summed E-state index contributed by atoms with van der Waals surface area (Å²) >= 11 is 0. The number of likely N-dealkylation sites (tertiary alicyclic amines) is 1. The lowest BCUT2D eigenvalue weighted by Crippen LogP contribution is -2.43. The smallest absolute Gasteiger partial charge is 0.315 e. The first-order valence-corrected chi connectivity index (χ1v) is 9.49. The second-order valence-electron chi connectivity index (χ2n) is 7.62. The summed E-state index contributed by atoms with van der Waals surface area (Å²) in [6.45, 7) is 1.03. The fraction of sp³-hybridized carbons (Fsp3) is 0.526. The highest BCUT2D eigenvalue weighted by atomic mass is 16.2. The van der Waals surface area contributed by atoms with Crippen LogP contribution < -0.4 is 10.6 Å². The number of aromatic nitrogens is 2. The molecular formula is C19H23N5O2. The van der Waals surface area contributed by atoms with Crippen molar-refractivity contribution in [2.45, 2.75) is 56.8 Å². The van der Waals surface area contributed by atoms with Gasteiger partial charge in [0, 0.05) is 25.0 Å². The Morgan fingerprint density at radius 3 is 2.69 bits per heavy atom. The number of carbonyl (C=O) groups excluding carboxylic acids is 2. The van der Waals surface area contributed by atoms with Crippen LogP contribution in [0.15, 0.2) is 24.3 Å². The van der Waals surface area contributed by atoms with Crippen LogP contribution in [-0.2, 0) is 11.3 Å². The molecule has 1 atom stereocenters. The van der Waals surface area contributed by atoms with E-state index in [1.807, 2.05) is 23.1 Å². The Bertz CT molecular complexity index is 868. The van der Waals surface area contributed by atoms with Gasteiger partial charge in [-0.05, 0) is 37.8 Å². The van der Waals surface area contributed by atoms with E-state index in [1.54, 1.807) is 0 Å². The van der Waals surface area contributed by atoms with E-state index in [0.29, 0.717) is 31.6 Å². The quantitative estimate of drug-likeness (QED) is 0.862. The van der Waals surface area contributed by atoms with Crippen LogP contribution >= 0.6 is 0 Å². The molecule has 1 aromatic heterocycles. The first-order chi connectivity index (χ1) is 12.7. The largest absolute Gasteiger partial charge is 0.338 e. The van der Waals surface area contributed by atoms with Gasteiger partial charge in [0.15, 0.2) is 0 Å². The number of para-hydroxylation sites is 2. The summed E-state index contributed by atoms with van der Waals surface area (Å²) in [7, 11) is 0. The molecule has 2 aromatic rings. The van der Waals surface area contributed by atoms with Gasteiger partial charge in [0.25, 0.3) is 0 Å². The minimum absolute atomic E-state index is 0.0923. The van der Waals surface area contributed by atoms with Gasteiger partial charge in [0.05, 0.1) is 23.6 Å². The Labute approximate surface area is 151 Å². The maximum atomic E-state index is 12.3. The fourth-order valence-corrected chi connectivity index (χ4v) is 3.92. The van der Waals surface area contributed by atoms with Gasteiger partial charge >= 0.3 is 6.03 Å². The molecule has 1 saturated heterocycles. The molecule has 26 heavy (non-hydrogen) atoms. The summed E-state index contributed by atoms with van der Waals surface area (Å²) in [6.07, 6.45) is 4.94. The van der Waals surface area contributed by atoms with Crippen molar-refractivity contribution in [1.82, 2.24) is 25.1 Å². The van der Waals surface area contributed by atoms with Crippen LogP contribution in [0, 0.1) is 0 Å². The predicted molar refractivity (Wildman–Crippen MR) is 96.5 cm³/mol. The van der Waals surface area contributed by atoms with Gasteiger partial charge in [-0.25, -0.2) is 9.78 Å². The van der Waals surface area contributed by atoms with E-state index in [2.05, 4.69) is 21.3 Å². The third-order valence-corrected chi connectivity index (χ3v) is 5.47. The lowest BCUT2D eigenvalue weighted by atomic mass is 10.2. The summed E-state index contributed by atoms with van der Waals surface area (Å²) in [4.78, 5) is 30.9. The molecule has 136 valence electrons. The molecule has 0 bridgehead atoms. The fourth-order valence-electron chi connectivity index (χ4n) is 3.92. The number of nitrogens with one attached hydrogen (secondary N) is 2. The summed E-state index contributed by atoms with van der Waals surface area (Å²) in [5.41, 5.74) is 2.10. The maximum absolute atomic E-state index is 12.3. The Kier molecular flexibility index (Phi) is 3.62. The van der Waals surface area contributed by atoms with Crippen molar-refractivity contribution in [1.29, 1.82) is 0 Å². The van der Waals surface area contributed by atoms with Crippen LogP contribution in [-0.4, -0.2) is 45.0 Å². The summed E-state index contributed by atoms with van der Waals surface area (Å²) < 4.78 is 2.25. The van der Waals surface area contributed by atoms with Crippen molar-refractivity contribution in [2.75, 3.05) is 6.54 Å². The molecule has 2 heterocycles. The standard InChI is InChI=1S/C19H23N5O2/c25-18-9-12(11-23(18)13-5-6-13)21-19(26)20-10-17-22-15-3-1-2-4-16(15)24(17)14-7-8-14/h1-4,12-14H,5-11H2,(H2,20,21,26). The van der Waals surface area contributed by atoms with Gasteiger partial charge in [-0.2, -0.15) is 0 Å². The summed E-state index contributed by atoms with van der Waals surface area (Å²) in [6, 6.07) is 8.70. The van der Waals surface area contributed by atoms with Gasteiger partial charge in [0.1, 0.15) is 5.82 Å². The number of amides is 3. The molecule has 1 aliphatic heterocycles. The van der Waals surface area contributed by atoms with E-state index >= 15 is 0 Å². The molecule has 0 radical (unpaired) electrons. The third-order valence-electron chi connectivity index (χ3n) is 5.47. The molecule has 1 unspecified atom stereocenters. The Morgan fingerprint density at radius 2 is 1.92 bits per heavy atom. The third kappa shape index (κ3) is 2.91. The van der Waals surface area contributed by atoms with E-state index in [9.17, 15) is 9.59 Å². The van der Waals surface area contributed by atoms with E-state index in [0.717, 1.165) is 29.7 Å². The maximum Gasteiger partial charge on any atom is 0.315 e. The van der Waals surface area contributed by atoms with E-state index in [1.165, 1.54) is 12.8 Å². The zero-order chi connectivity index (χ0) is 17.7. The number of hydrogen-bond acceptors (Lipinski definition) is 3. The van der Waals surface area contributed by atoms with Crippen molar-refractivity contribution in [3.8, 4) is 0 Å². The molecule has 3 amide bonds. The monoisotopic (exact) mass is 353 g/mol. The molecule has 3 fully saturated rings. The van der Waals surface area contributed by atoms with Crippen molar-refractivity contribution < 1.29 is 9.59 Å². The van der Waals surface area contributed by atoms with Crippen LogP contribution in [0.5, 0.6) is 0 Å². The molecule has 7 nitrogen and oxygen atoms in total. The molecule has 7 heteroatoms. The molecule has 2 aliphatic carbocycles. The van der Waals surface area contributed by atoms with Gasteiger partial charge in [-0.3, -0.25) is 4.79 Å². The number of hydrogen-bond donors (Lipinski definition) is 2. The van der Waals surface area contributed by atoms with Crippen molar-refractivity contribution in [3.05, 3.63) is 30.1 Å². The summed E-state index contributed by atoms with van der Waals surface area (Å²) in [5, 5.41) is 5.86. The first kappa shape index (κ1) is 15.7. The normalized spacial score (nSPS) is 22.8. The minimum atomic E-state index is -0.227. The number of fused-ring (bicyclic) bond motifs is 1. The van der Waals surface area contributed by atoms with E-state index in [-0.39, 0.29) is 18.0 Å². The molecule has 0 spiro atoms. The lowest BCUT2D eigenvalue weighted by molar-refractivity contribution is -0.128. The Hall–Kier alpha value is -2.57. The Morgan fingerprint density at radius 1 is 1.15 bits per heavy atom. The van der Waals surface area contributed by atoms with E-state index < -0.39 is 0 Å². The minimum Gasteiger partial charge on any atom is -0.338 e. The highest BCUT2D eigenvalue weighted by Crippen LogP contribution is 2.38. The molecular weight excluding hydrogens is 330 g/mol. The second-order valence-corrected chi connectivity index (χ2v) is 7.62. The van der Waals surface area contributed by atoms with Gasteiger partial charge in [0.2, 0.25) is 5.91 Å². The highest BCUT2D eigenvalue weighted by molar-refractivity contribution is 5.82. The predicted octanol–water partition coefficient (Wildman–Crippen LogP) is 1.93. The zero-order valence-corrected chi connectivity index (χ0v) is 14.6. The van der Waals surface area contributed by atoms with E-state index in [4.69, 9.17) is 4.98 Å². The molecule has 5 rings (SSSR count). The van der Waals surface area contributed by atoms with Crippen molar-refractivity contribution in [2.24, 2.45) is 0 Å². The molecule has 3 aliphatic rings. The number of carbonyl (C=O) groups is 2. The topological polar surface area (TPSA) is 79.3 Å². The van der Waals surface area contributed by atoms with Crippen LogP contribution in [0.3, 0.4) is 0 Å². The van der Waals surface area contributed by atoms with Crippen LogP contribution in [0.25, 0.3) is 11.0 Å². The average Bonchev–Trinajstić information content (AvgIpc) is 3.55. The number of imidazole rings is 1. The number of urea groups is 1. The molecule has 2 N–H and O–H groups in total. The van der Waals surface area contributed by atoms with Crippen LogP contribution in [0.1, 0.15) is 44.0 Å². The van der Waals surface area contributed by atoms with Gasteiger partial charge < -0.3 is 20.1 Å². The summed E-state index contributed by atoms with van der Waals surface area (Å²) in [5.74, 6) is 1.05. The number of nitrogens with zero attached hydrogens (tertiary/aromatic N) is 3. The number of rotatable bonds is 5. The SMILES string of the molecule is O=C(NCc1nc2ccccc2n1C1CC1)NC1CC(=O)N(C2CC2)C1. The average molecular weight is 353 g/mol.